The molecule has 2 heteroatoms. The van der Waals surface area contributed by atoms with Crippen LogP contribution < -0.4 is 0 Å². The van der Waals surface area contributed by atoms with Gasteiger partial charge in [-0.15, -0.1) is 0 Å². The highest BCUT2D eigenvalue weighted by Crippen LogP contribution is 2.30. The van der Waals surface area contributed by atoms with Crippen LogP contribution in [-0.4, -0.2) is 4.37 Å². The van der Waals surface area contributed by atoms with Gasteiger partial charge in [-0.3, -0.25) is 0 Å². The van der Waals surface area contributed by atoms with Gasteiger partial charge in [0.2, 0.25) is 0 Å². The van der Waals surface area contributed by atoms with Crippen molar-refractivity contribution >= 4 is 21.6 Å². The Kier molecular flexibility index (Phi) is 2.79. The predicted molar refractivity (Wildman–Crippen MR) is 67.8 cm³/mol. The van der Waals surface area contributed by atoms with Gasteiger partial charge in [-0.2, -0.15) is 4.37 Å². The maximum atomic E-state index is 4.54. The number of rotatable bonds is 2. The molecule has 0 unspecified atom stereocenters. The minimum atomic E-state index is 0.515. The standard InChI is InChI=1S/C13H17NS/c1-8(2)10-5-6-12-11(7-10)13(9(3)4)14-15-12/h5-9H,1-4H3. The first-order valence-electron chi connectivity index (χ1n) is 5.49. The Morgan fingerprint density at radius 3 is 2.40 bits per heavy atom. The molecule has 0 atom stereocenters. The fourth-order valence-electron chi connectivity index (χ4n) is 1.75. The molecule has 0 N–H and O–H groups in total. The van der Waals surface area contributed by atoms with Crippen LogP contribution in [0.25, 0.3) is 10.1 Å². The summed E-state index contributed by atoms with van der Waals surface area (Å²) in [5.41, 5.74) is 2.65. The first-order chi connectivity index (χ1) is 7.09. The monoisotopic (exact) mass is 219 g/mol. The van der Waals surface area contributed by atoms with Crippen LogP contribution in [-0.2, 0) is 0 Å². The molecule has 2 aromatic rings. The lowest BCUT2D eigenvalue weighted by Gasteiger charge is -2.06. The topological polar surface area (TPSA) is 12.9 Å². The summed E-state index contributed by atoms with van der Waals surface area (Å²) in [7, 11) is 0. The molecule has 1 aromatic heterocycles. The third kappa shape index (κ3) is 1.91. The summed E-state index contributed by atoms with van der Waals surface area (Å²) in [6.45, 7) is 8.87. The number of nitrogens with zero attached hydrogens (tertiary/aromatic N) is 1. The minimum absolute atomic E-state index is 0.515. The van der Waals surface area contributed by atoms with Gasteiger partial charge in [-0.1, -0.05) is 33.8 Å². The van der Waals surface area contributed by atoms with E-state index in [0.717, 1.165) is 0 Å². The highest BCUT2D eigenvalue weighted by Gasteiger charge is 2.10. The van der Waals surface area contributed by atoms with Crippen LogP contribution in [0.2, 0.25) is 0 Å². The van der Waals surface area contributed by atoms with Gasteiger partial charge in [0.15, 0.2) is 0 Å². The molecule has 0 fully saturated rings. The number of aromatic nitrogens is 1. The maximum absolute atomic E-state index is 4.54. The molecule has 80 valence electrons. The van der Waals surface area contributed by atoms with Gasteiger partial charge in [0.25, 0.3) is 0 Å². The van der Waals surface area contributed by atoms with Gasteiger partial charge in [0.05, 0.1) is 10.4 Å². The van der Waals surface area contributed by atoms with Crippen LogP contribution >= 0.6 is 11.5 Å². The summed E-state index contributed by atoms with van der Waals surface area (Å²) in [6.07, 6.45) is 0. The Hall–Kier alpha value is -0.890. The molecule has 0 bridgehead atoms. The molecule has 0 aliphatic heterocycles. The predicted octanol–water partition coefficient (Wildman–Crippen LogP) is 4.54. The van der Waals surface area contributed by atoms with Crippen LogP contribution in [0.15, 0.2) is 18.2 Å². The van der Waals surface area contributed by atoms with Gasteiger partial charge in [0, 0.05) is 5.39 Å². The molecule has 0 aliphatic carbocycles. The van der Waals surface area contributed by atoms with Crippen molar-refractivity contribution in [3.8, 4) is 0 Å². The zero-order valence-electron chi connectivity index (χ0n) is 9.74. The van der Waals surface area contributed by atoms with E-state index in [-0.39, 0.29) is 0 Å². The molecule has 15 heavy (non-hydrogen) atoms. The molecule has 1 heterocycles. The zero-order chi connectivity index (χ0) is 11.0. The van der Waals surface area contributed by atoms with E-state index < -0.39 is 0 Å². The van der Waals surface area contributed by atoms with Crippen LogP contribution in [0, 0.1) is 0 Å². The second kappa shape index (κ2) is 3.93. The van der Waals surface area contributed by atoms with E-state index in [1.54, 1.807) is 11.5 Å². The van der Waals surface area contributed by atoms with Gasteiger partial charge in [-0.25, -0.2) is 0 Å². The molecular weight excluding hydrogens is 202 g/mol. The van der Waals surface area contributed by atoms with Crippen LogP contribution in [0.4, 0.5) is 0 Å². The molecule has 0 aliphatic rings. The Balaban J connectivity index is 2.61. The van der Waals surface area contributed by atoms with Crippen molar-refractivity contribution in [2.45, 2.75) is 39.5 Å². The van der Waals surface area contributed by atoms with E-state index in [4.69, 9.17) is 0 Å². The summed E-state index contributed by atoms with van der Waals surface area (Å²) in [4.78, 5) is 0. The van der Waals surface area contributed by atoms with Crippen LogP contribution in [0.5, 0.6) is 0 Å². The SMILES string of the molecule is CC(C)c1ccc2snc(C(C)C)c2c1. The molecule has 0 spiro atoms. The lowest BCUT2D eigenvalue weighted by molar-refractivity contribution is 0.846. The Morgan fingerprint density at radius 2 is 1.80 bits per heavy atom. The van der Waals surface area contributed by atoms with Crippen molar-refractivity contribution in [2.75, 3.05) is 0 Å². The summed E-state index contributed by atoms with van der Waals surface area (Å²) in [5, 5.41) is 1.35. The van der Waals surface area contributed by atoms with Gasteiger partial charge in [-0.05, 0) is 41.1 Å². The van der Waals surface area contributed by atoms with Crippen LogP contribution in [0.1, 0.15) is 50.8 Å². The van der Waals surface area contributed by atoms with Crippen molar-refractivity contribution in [3.63, 3.8) is 0 Å². The summed E-state index contributed by atoms with van der Waals surface area (Å²) >= 11 is 1.61. The Bertz CT molecular complexity index is 468. The molecule has 1 aromatic carbocycles. The number of benzene rings is 1. The third-order valence-corrected chi connectivity index (χ3v) is 3.58. The molecule has 0 amide bonds. The number of hydrogen-bond donors (Lipinski definition) is 0. The number of fused-ring (bicyclic) bond motifs is 1. The van der Waals surface area contributed by atoms with E-state index in [9.17, 15) is 0 Å². The van der Waals surface area contributed by atoms with Gasteiger partial charge < -0.3 is 0 Å². The fraction of sp³-hybridized carbons (Fsp3) is 0.462. The van der Waals surface area contributed by atoms with Crippen molar-refractivity contribution < 1.29 is 0 Å². The van der Waals surface area contributed by atoms with E-state index in [0.29, 0.717) is 11.8 Å². The van der Waals surface area contributed by atoms with E-state index >= 15 is 0 Å². The zero-order valence-corrected chi connectivity index (χ0v) is 10.6. The second-order valence-corrected chi connectivity index (χ2v) is 5.44. The highest BCUT2D eigenvalue weighted by atomic mass is 32.1. The average molecular weight is 219 g/mol. The van der Waals surface area contributed by atoms with Crippen molar-refractivity contribution in [3.05, 3.63) is 29.5 Å². The quantitative estimate of drug-likeness (QED) is 0.722. The molecular formula is C13H17NS. The molecule has 1 nitrogen and oxygen atoms in total. The summed E-state index contributed by atoms with van der Waals surface area (Å²) in [6, 6.07) is 6.72. The fourth-order valence-corrected chi connectivity index (χ4v) is 2.65. The highest BCUT2D eigenvalue weighted by molar-refractivity contribution is 7.13. The molecule has 2 rings (SSSR count). The van der Waals surface area contributed by atoms with Gasteiger partial charge >= 0.3 is 0 Å². The van der Waals surface area contributed by atoms with Gasteiger partial charge in [0.1, 0.15) is 0 Å². The first kappa shape index (κ1) is 10.6. The largest absolute Gasteiger partial charge is 0.196 e. The smallest absolute Gasteiger partial charge is 0.0646 e. The lowest BCUT2D eigenvalue weighted by Crippen LogP contribution is -1.89. The van der Waals surface area contributed by atoms with Crippen LogP contribution in [0.3, 0.4) is 0 Å². The van der Waals surface area contributed by atoms with E-state index in [2.05, 4.69) is 50.3 Å². The molecule has 0 saturated heterocycles. The summed E-state index contributed by atoms with van der Waals surface area (Å²) < 4.78 is 5.85. The minimum Gasteiger partial charge on any atom is -0.196 e. The summed E-state index contributed by atoms with van der Waals surface area (Å²) in [5.74, 6) is 1.11. The number of hydrogen-bond acceptors (Lipinski definition) is 2. The molecule has 0 saturated carbocycles. The molecule has 0 radical (unpaired) electrons. The van der Waals surface area contributed by atoms with E-state index in [1.807, 2.05) is 0 Å². The third-order valence-electron chi connectivity index (χ3n) is 2.74. The Labute approximate surface area is 95.3 Å². The maximum Gasteiger partial charge on any atom is 0.0646 e. The normalized spacial score (nSPS) is 11.9. The van der Waals surface area contributed by atoms with Crippen molar-refractivity contribution in [1.29, 1.82) is 0 Å². The van der Waals surface area contributed by atoms with Crippen molar-refractivity contribution in [1.82, 2.24) is 4.37 Å². The van der Waals surface area contributed by atoms with Crippen molar-refractivity contribution in [2.24, 2.45) is 0 Å². The lowest BCUT2D eigenvalue weighted by atomic mass is 9.99. The average Bonchev–Trinajstić information content (AvgIpc) is 2.59. The second-order valence-electron chi connectivity index (χ2n) is 4.63. The Morgan fingerprint density at radius 1 is 1.07 bits per heavy atom. The van der Waals surface area contributed by atoms with E-state index in [1.165, 1.54) is 21.3 Å². The first-order valence-corrected chi connectivity index (χ1v) is 6.26.